The summed E-state index contributed by atoms with van der Waals surface area (Å²) >= 11 is 0. The van der Waals surface area contributed by atoms with Gasteiger partial charge in [0, 0.05) is 13.1 Å². The lowest BCUT2D eigenvalue weighted by Gasteiger charge is -2.10. The van der Waals surface area contributed by atoms with E-state index in [4.69, 9.17) is 4.74 Å². The predicted molar refractivity (Wildman–Crippen MR) is 71.3 cm³/mol. The number of nitrogens with one attached hydrogen (secondary N) is 1. The fourth-order valence-corrected chi connectivity index (χ4v) is 1.82. The van der Waals surface area contributed by atoms with Gasteiger partial charge in [-0.25, -0.2) is 0 Å². The molecular formula is C15H23NO. The summed E-state index contributed by atoms with van der Waals surface area (Å²) in [4.78, 5) is 0. The molecule has 1 saturated carbocycles. The van der Waals surface area contributed by atoms with Gasteiger partial charge in [-0.05, 0) is 42.4 Å². The van der Waals surface area contributed by atoms with E-state index >= 15 is 0 Å². The van der Waals surface area contributed by atoms with Crippen molar-refractivity contribution in [3.05, 3.63) is 29.8 Å². The largest absolute Gasteiger partial charge is 0.494 e. The van der Waals surface area contributed by atoms with Crippen LogP contribution in [-0.2, 0) is 6.54 Å². The van der Waals surface area contributed by atoms with E-state index in [2.05, 4.69) is 43.4 Å². The minimum atomic E-state index is 0.587. The fraction of sp³-hybridized carbons (Fsp3) is 0.600. The lowest BCUT2D eigenvalue weighted by Crippen LogP contribution is -2.21. The van der Waals surface area contributed by atoms with Crippen LogP contribution in [0.25, 0.3) is 0 Å². The van der Waals surface area contributed by atoms with Gasteiger partial charge in [-0.1, -0.05) is 26.0 Å². The van der Waals surface area contributed by atoms with Crippen LogP contribution in [-0.4, -0.2) is 13.2 Å². The summed E-state index contributed by atoms with van der Waals surface area (Å²) < 4.78 is 5.56. The summed E-state index contributed by atoms with van der Waals surface area (Å²) in [6.07, 6.45) is 3.81. The highest BCUT2D eigenvalue weighted by molar-refractivity contribution is 5.27. The third kappa shape index (κ3) is 4.04. The van der Waals surface area contributed by atoms with Crippen molar-refractivity contribution < 1.29 is 4.74 Å². The average molecular weight is 233 g/mol. The van der Waals surface area contributed by atoms with E-state index in [0.717, 1.165) is 31.9 Å². The molecule has 0 bridgehead atoms. The molecular weight excluding hydrogens is 210 g/mol. The normalized spacial score (nSPS) is 16.8. The van der Waals surface area contributed by atoms with Gasteiger partial charge in [0.1, 0.15) is 5.75 Å². The molecule has 94 valence electrons. The van der Waals surface area contributed by atoms with Crippen molar-refractivity contribution in [2.75, 3.05) is 13.2 Å². The molecule has 0 radical (unpaired) electrons. The maximum atomic E-state index is 5.56. The van der Waals surface area contributed by atoms with Gasteiger partial charge in [0.15, 0.2) is 0 Å². The first kappa shape index (κ1) is 12.4. The highest BCUT2D eigenvalue weighted by Gasteiger charge is 2.36. The van der Waals surface area contributed by atoms with Crippen LogP contribution in [0, 0.1) is 5.41 Å². The maximum Gasteiger partial charge on any atom is 0.119 e. The topological polar surface area (TPSA) is 21.3 Å². The van der Waals surface area contributed by atoms with E-state index in [1.54, 1.807) is 0 Å². The Morgan fingerprint density at radius 2 is 1.94 bits per heavy atom. The molecule has 0 spiro atoms. The van der Waals surface area contributed by atoms with Gasteiger partial charge in [-0.15, -0.1) is 0 Å². The quantitative estimate of drug-likeness (QED) is 0.779. The second-order valence-corrected chi connectivity index (χ2v) is 5.41. The summed E-state index contributed by atoms with van der Waals surface area (Å²) in [6.45, 7) is 7.37. The van der Waals surface area contributed by atoms with Gasteiger partial charge in [-0.2, -0.15) is 0 Å². The maximum absolute atomic E-state index is 5.56. The van der Waals surface area contributed by atoms with Crippen LogP contribution < -0.4 is 10.1 Å². The molecule has 1 N–H and O–H groups in total. The van der Waals surface area contributed by atoms with Crippen LogP contribution >= 0.6 is 0 Å². The molecule has 17 heavy (non-hydrogen) atoms. The van der Waals surface area contributed by atoms with Gasteiger partial charge in [-0.3, -0.25) is 0 Å². The van der Waals surface area contributed by atoms with Crippen LogP contribution in [0.15, 0.2) is 24.3 Å². The van der Waals surface area contributed by atoms with Crippen molar-refractivity contribution in [1.29, 1.82) is 0 Å². The number of ether oxygens (including phenoxy) is 1. The monoisotopic (exact) mass is 233 g/mol. The first-order valence-electron chi connectivity index (χ1n) is 6.64. The van der Waals surface area contributed by atoms with Gasteiger partial charge < -0.3 is 10.1 Å². The second kappa shape index (κ2) is 5.54. The summed E-state index contributed by atoms with van der Waals surface area (Å²) in [5.74, 6) is 0.977. The van der Waals surface area contributed by atoms with E-state index in [9.17, 15) is 0 Å². The molecule has 0 aliphatic heterocycles. The van der Waals surface area contributed by atoms with Crippen LogP contribution in [0.2, 0.25) is 0 Å². The Morgan fingerprint density at radius 3 is 2.53 bits per heavy atom. The van der Waals surface area contributed by atoms with E-state index in [0.29, 0.717) is 5.41 Å². The molecule has 0 heterocycles. The molecule has 2 heteroatoms. The van der Waals surface area contributed by atoms with Crippen LogP contribution in [0.4, 0.5) is 0 Å². The molecule has 2 rings (SSSR count). The smallest absolute Gasteiger partial charge is 0.119 e. The molecule has 0 amide bonds. The minimum absolute atomic E-state index is 0.587. The molecule has 1 aromatic carbocycles. The zero-order chi connectivity index (χ0) is 12.1. The van der Waals surface area contributed by atoms with Crippen molar-refractivity contribution in [2.45, 2.75) is 39.7 Å². The lowest BCUT2D eigenvalue weighted by molar-refractivity contribution is 0.317. The Hall–Kier alpha value is -1.02. The van der Waals surface area contributed by atoms with E-state index in [1.165, 1.54) is 18.4 Å². The molecule has 1 aromatic rings. The van der Waals surface area contributed by atoms with Crippen molar-refractivity contribution >= 4 is 0 Å². The molecule has 1 aliphatic rings. The van der Waals surface area contributed by atoms with Gasteiger partial charge in [0.05, 0.1) is 6.61 Å². The number of hydrogen-bond acceptors (Lipinski definition) is 2. The molecule has 2 nitrogen and oxygen atoms in total. The number of benzene rings is 1. The second-order valence-electron chi connectivity index (χ2n) is 5.41. The third-order valence-corrected chi connectivity index (χ3v) is 3.38. The third-order valence-electron chi connectivity index (χ3n) is 3.38. The van der Waals surface area contributed by atoms with Crippen LogP contribution in [0.3, 0.4) is 0 Å². The first-order valence-corrected chi connectivity index (χ1v) is 6.64. The fourth-order valence-electron chi connectivity index (χ4n) is 1.82. The van der Waals surface area contributed by atoms with Crippen LogP contribution in [0.5, 0.6) is 5.75 Å². The van der Waals surface area contributed by atoms with Crippen molar-refractivity contribution in [3.8, 4) is 5.75 Å². The number of hydrogen-bond donors (Lipinski definition) is 1. The highest BCUT2D eigenvalue weighted by atomic mass is 16.5. The summed E-state index contributed by atoms with van der Waals surface area (Å²) in [5, 5.41) is 3.53. The van der Waals surface area contributed by atoms with E-state index in [1.807, 2.05) is 0 Å². The molecule has 0 atom stereocenters. The summed E-state index contributed by atoms with van der Waals surface area (Å²) in [5.41, 5.74) is 1.92. The van der Waals surface area contributed by atoms with Crippen molar-refractivity contribution in [2.24, 2.45) is 5.41 Å². The van der Waals surface area contributed by atoms with E-state index < -0.39 is 0 Å². The Balaban J connectivity index is 1.73. The number of rotatable bonds is 7. The van der Waals surface area contributed by atoms with Crippen molar-refractivity contribution in [1.82, 2.24) is 5.32 Å². The Morgan fingerprint density at radius 1 is 1.24 bits per heavy atom. The zero-order valence-corrected chi connectivity index (χ0v) is 11.0. The average Bonchev–Trinajstić information content (AvgIpc) is 3.06. The molecule has 1 aliphatic carbocycles. The van der Waals surface area contributed by atoms with E-state index in [-0.39, 0.29) is 0 Å². The summed E-state index contributed by atoms with van der Waals surface area (Å²) in [6, 6.07) is 8.41. The van der Waals surface area contributed by atoms with Gasteiger partial charge >= 0.3 is 0 Å². The SMILES string of the molecule is CCCOc1ccc(CNCC2(C)CC2)cc1. The Kier molecular flexibility index (Phi) is 4.06. The summed E-state index contributed by atoms with van der Waals surface area (Å²) in [7, 11) is 0. The Bertz CT molecular complexity index is 340. The minimum Gasteiger partial charge on any atom is -0.494 e. The van der Waals surface area contributed by atoms with Gasteiger partial charge in [0.25, 0.3) is 0 Å². The molecule has 1 fully saturated rings. The molecule has 0 unspecified atom stereocenters. The van der Waals surface area contributed by atoms with Crippen molar-refractivity contribution in [3.63, 3.8) is 0 Å². The zero-order valence-electron chi connectivity index (χ0n) is 11.0. The Labute approximate surface area is 104 Å². The van der Waals surface area contributed by atoms with Gasteiger partial charge in [0.2, 0.25) is 0 Å². The predicted octanol–water partition coefficient (Wildman–Crippen LogP) is 3.37. The first-order chi connectivity index (χ1) is 8.22. The molecule has 0 aromatic heterocycles. The molecule has 0 saturated heterocycles. The highest BCUT2D eigenvalue weighted by Crippen LogP contribution is 2.44. The van der Waals surface area contributed by atoms with Crippen LogP contribution in [0.1, 0.15) is 38.7 Å². The standard InChI is InChI=1S/C15H23NO/c1-3-10-17-14-6-4-13(5-7-14)11-16-12-15(2)8-9-15/h4-7,16H,3,8-12H2,1-2H3. The lowest BCUT2D eigenvalue weighted by atomic mass is 10.1.